The van der Waals surface area contributed by atoms with Gasteiger partial charge in [0.15, 0.2) is 10.9 Å². The number of fused-ring (bicyclic) bond motifs is 1. The molecule has 0 aliphatic rings. The highest BCUT2D eigenvalue weighted by atomic mass is 35.5. The van der Waals surface area contributed by atoms with Crippen LogP contribution < -0.4 is 5.32 Å². The first kappa shape index (κ1) is 16.7. The topological polar surface area (TPSA) is 59.8 Å². The number of hydrogen-bond acceptors (Lipinski definition) is 4. The highest BCUT2D eigenvalue weighted by Crippen LogP contribution is 2.27. The Kier molecular flexibility index (Phi) is 4.18. The van der Waals surface area contributed by atoms with Gasteiger partial charge in [0.05, 0.1) is 32.7 Å². The van der Waals surface area contributed by atoms with Crippen molar-refractivity contribution in [3.8, 4) is 5.69 Å². The van der Waals surface area contributed by atoms with Crippen molar-refractivity contribution in [3.05, 3.63) is 70.8 Å². The number of rotatable bonds is 3. The van der Waals surface area contributed by atoms with Gasteiger partial charge < -0.3 is 0 Å². The van der Waals surface area contributed by atoms with E-state index in [4.69, 9.17) is 11.6 Å². The average molecular weight is 387 g/mol. The van der Waals surface area contributed by atoms with Crippen LogP contribution in [0.2, 0.25) is 5.02 Å². The quantitative estimate of drug-likeness (QED) is 0.548. The molecular weight excluding hydrogens is 375 g/mol. The lowest BCUT2D eigenvalue weighted by atomic mass is 10.2. The minimum Gasteiger partial charge on any atom is -0.298 e. The van der Waals surface area contributed by atoms with E-state index in [2.05, 4.69) is 15.4 Å². The lowest BCUT2D eigenvalue weighted by Crippen LogP contribution is -2.13. The molecule has 0 bridgehead atoms. The number of nitrogens with zero attached hydrogens (tertiary/aromatic N) is 3. The molecule has 5 nitrogen and oxygen atoms in total. The van der Waals surface area contributed by atoms with Crippen molar-refractivity contribution in [2.45, 2.75) is 6.92 Å². The fourth-order valence-electron chi connectivity index (χ4n) is 2.62. The monoisotopic (exact) mass is 386 g/mol. The summed E-state index contributed by atoms with van der Waals surface area (Å²) < 4.78 is 16.6. The van der Waals surface area contributed by atoms with E-state index in [1.165, 1.54) is 28.3 Å². The third kappa shape index (κ3) is 2.85. The van der Waals surface area contributed by atoms with Crippen LogP contribution >= 0.6 is 22.9 Å². The van der Waals surface area contributed by atoms with Crippen LogP contribution in [0.25, 0.3) is 15.9 Å². The first-order valence-corrected chi connectivity index (χ1v) is 8.90. The van der Waals surface area contributed by atoms with Gasteiger partial charge in [0.25, 0.3) is 5.91 Å². The third-order valence-electron chi connectivity index (χ3n) is 3.93. The smallest absolute Gasteiger partial charge is 0.260 e. The molecule has 4 aromatic rings. The Balaban J connectivity index is 1.65. The van der Waals surface area contributed by atoms with Gasteiger partial charge in [-0.3, -0.25) is 10.1 Å². The summed E-state index contributed by atoms with van der Waals surface area (Å²) in [6, 6.07) is 12.3. The van der Waals surface area contributed by atoms with Gasteiger partial charge in [0.2, 0.25) is 0 Å². The highest BCUT2D eigenvalue weighted by Gasteiger charge is 2.19. The van der Waals surface area contributed by atoms with Gasteiger partial charge in [-0.25, -0.2) is 14.1 Å². The van der Waals surface area contributed by atoms with Crippen LogP contribution in [0.5, 0.6) is 0 Å². The Morgan fingerprint density at radius 1 is 1.23 bits per heavy atom. The third-order valence-corrected chi connectivity index (χ3v) is 5.17. The number of benzene rings is 2. The fourth-order valence-corrected chi connectivity index (χ4v) is 3.65. The number of carbonyl (C=O) groups is 1. The predicted molar refractivity (Wildman–Crippen MR) is 101 cm³/mol. The molecule has 4 rings (SSSR count). The number of thiazole rings is 1. The molecule has 1 amide bonds. The number of para-hydroxylation sites is 1. The van der Waals surface area contributed by atoms with Crippen molar-refractivity contribution >= 4 is 44.2 Å². The van der Waals surface area contributed by atoms with Crippen LogP contribution in [-0.4, -0.2) is 20.7 Å². The molecular formula is C18H12ClFN4OS. The maximum Gasteiger partial charge on any atom is 0.260 e. The second-order valence-electron chi connectivity index (χ2n) is 5.57. The molecule has 130 valence electrons. The summed E-state index contributed by atoms with van der Waals surface area (Å²) >= 11 is 7.22. The molecule has 0 spiro atoms. The van der Waals surface area contributed by atoms with Crippen LogP contribution in [-0.2, 0) is 0 Å². The Morgan fingerprint density at radius 3 is 2.85 bits per heavy atom. The molecule has 0 atom stereocenters. The second-order valence-corrected chi connectivity index (χ2v) is 7.01. The minimum atomic E-state index is -0.585. The van der Waals surface area contributed by atoms with Crippen molar-refractivity contribution < 1.29 is 9.18 Å². The number of anilines is 1. The van der Waals surface area contributed by atoms with Crippen LogP contribution in [0.15, 0.2) is 48.7 Å². The molecule has 2 heterocycles. The molecule has 1 N–H and O–H groups in total. The van der Waals surface area contributed by atoms with Gasteiger partial charge in [-0.2, -0.15) is 5.10 Å². The summed E-state index contributed by atoms with van der Waals surface area (Å²) in [5.41, 5.74) is 1.85. The molecule has 2 aromatic carbocycles. The summed E-state index contributed by atoms with van der Waals surface area (Å²) in [5.74, 6) is -0.936. The van der Waals surface area contributed by atoms with E-state index in [0.717, 1.165) is 10.2 Å². The van der Waals surface area contributed by atoms with Crippen molar-refractivity contribution in [3.63, 3.8) is 0 Å². The Bertz CT molecular complexity index is 1100. The molecule has 0 aliphatic heterocycles. The predicted octanol–water partition coefficient (Wildman–Crippen LogP) is 4.84. The van der Waals surface area contributed by atoms with Gasteiger partial charge in [0, 0.05) is 0 Å². The molecule has 8 heteroatoms. The normalized spacial score (nSPS) is 11.0. The van der Waals surface area contributed by atoms with Crippen LogP contribution in [0, 0.1) is 12.7 Å². The lowest BCUT2D eigenvalue weighted by molar-refractivity contribution is 0.102. The van der Waals surface area contributed by atoms with Crippen molar-refractivity contribution in [1.82, 2.24) is 14.8 Å². The van der Waals surface area contributed by atoms with Gasteiger partial charge in [0.1, 0.15) is 5.69 Å². The fraction of sp³-hybridized carbons (Fsp3) is 0.0556. The van der Waals surface area contributed by atoms with E-state index in [-0.39, 0.29) is 16.6 Å². The minimum absolute atomic E-state index is 0.00197. The van der Waals surface area contributed by atoms with Crippen LogP contribution in [0.1, 0.15) is 16.1 Å². The number of aromatic nitrogens is 3. The first-order valence-electron chi connectivity index (χ1n) is 7.70. The van der Waals surface area contributed by atoms with E-state index < -0.39 is 5.82 Å². The summed E-state index contributed by atoms with van der Waals surface area (Å²) in [7, 11) is 0. The maximum atomic E-state index is 14.2. The Hall–Kier alpha value is -2.77. The van der Waals surface area contributed by atoms with E-state index in [1.54, 1.807) is 19.1 Å². The van der Waals surface area contributed by atoms with E-state index >= 15 is 0 Å². The summed E-state index contributed by atoms with van der Waals surface area (Å²) in [6.45, 7) is 1.70. The van der Waals surface area contributed by atoms with E-state index in [0.29, 0.717) is 16.4 Å². The van der Waals surface area contributed by atoms with Crippen LogP contribution in [0.3, 0.4) is 0 Å². The van der Waals surface area contributed by atoms with Crippen molar-refractivity contribution in [2.75, 3.05) is 5.32 Å². The van der Waals surface area contributed by atoms with Gasteiger partial charge in [-0.1, -0.05) is 41.1 Å². The molecule has 0 aliphatic carbocycles. The summed E-state index contributed by atoms with van der Waals surface area (Å²) in [5, 5.41) is 7.40. The summed E-state index contributed by atoms with van der Waals surface area (Å²) in [6.07, 6.45) is 1.40. The molecule has 2 aromatic heterocycles. The zero-order valence-corrected chi connectivity index (χ0v) is 15.1. The van der Waals surface area contributed by atoms with E-state index in [9.17, 15) is 9.18 Å². The molecule has 26 heavy (non-hydrogen) atoms. The van der Waals surface area contributed by atoms with E-state index in [1.807, 2.05) is 24.3 Å². The molecule has 0 saturated carbocycles. The first-order chi connectivity index (χ1) is 12.5. The lowest BCUT2D eigenvalue weighted by Gasteiger charge is -2.07. The standard InChI is InChI=1S/C18H12ClFN4OS/c1-10-11(9-21-24(10)14-7-4-5-12(19)16(14)20)17(25)23-18-22-13-6-2-3-8-15(13)26-18/h2-9H,1H3,(H,22,23,25). The number of carbonyl (C=O) groups excluding carboxylic acids is 1. The Morgan fingerprint density at radius 2 is 2.04 bits per heavy atom. The van der Waals surface area contributed by atoms with Gasteiger partial charge >= 0.3 is 0 Å². The zero-order valence-electron chi connectivity index (χ0n) is 13.5. The maximum absolute atomic E-state index is 14.2. The molecule has 0 radical (unpaired) electrons. The number of amides is 1. The summed E-state index contributed by atoms with van der Waals surface area (Å²) in [4.78, 5) is 17.0. The number of nitrogens with one attached hydrogen (secondary N) is 1. The highest BCUT2D eigenvalue weighted by molar-refractivity contribution is 7.22. The second kappa shape index (κ2) is 6.51. The van der Waals surface area contributed by atoms with Gasteiger partial charge in [-0.05, 0) is 31.2 Å². The number of hydrogen-bond donors (Lipinski definition) is 1. The van der Waals surface area contributed by atoms with Gasteiger partial charge in [-0.15, -0.1) is 0 Å². The van der Waals surface area contributed by atoms with Crippen molar-refractivity contribution in [2.24, 2.45) is 0 Å². The Labute approximate surface area is 157 Å². The molecule has 0 unspecified atom stereocenters. The average Bonchev–Trinajstić information content (AvgIpc) is 3.20. The van der Waals surface area contributed by atoms with Crippen LogP contribution in [0.4, 0.5) is 9.52 Å². The molecule has 0 saturated heterocycles. The largest absolute Gasteiger partial charge is 0.298 e. The molecule has 0 fully saturated rings. The SMILES string of the molecule is Cc1c(C(=O)Nc2nc3ccccc3s2)cnn1-c1cccc(Cl)c1F. The van der Waals surface area contributed by atoms with Crippen molar-refractivity contribution in [1.29, 1.82) is 0 Å². The number of halogens is 2. The zero-order chi connectivity index (χ0) is 18.3.